The van der Waals surface area contributed by atoms with Crippen LogP contribution in [0.15, 0.2) is 78.9 Å². The average molecular weight is 298 g/mol. The van der Waals surface area contributed by atoms with Gasteiger partial charge in [-0.05, 0) is 39.9 Å². The summed E-state index contributed by atoms with van der Waals surface area (Å²) in [5, 5.41) is 8.58. The van der Waals surface area contributed by atoms with Crippen LogP contribution in [0.3, 0.4) is 0 Å². The van der Waals surface area contributed by atoms with Crippen molar-refractivity contribution in [1.82, 2.24) is 0 Å². The highest BCUT2D eigenvalue weighted by Crippen LogP contribution is 2.33. The van der Waals surface area contributed by atoms with E-state index in [1.54, 1.807) is 0 Å². The van der Waals surface area contributed by atoms with Crippen LogP contribution >= 0.6 is 0 Å². The zero-order chi connectivity index (χ0) is 15.6. The average Bonchev–Trinajstić information content (AvgIpc) is 2.62. The number of rotatable bonds is 3. The van der Waals surface area contributed by atoms with E-state index < -0.39 is 0 Å². The SMILES string of the molecule is NCc1ccc(Nc2cc3ccccc3c3ccccc23)cc1. The summed E-state index contributed by atoms with van der Waals surface area (Å²) in [5.41, 5.74) is 9.00. The predicted octanol–water partition coefficient (Wildman–Crippen LogP) is 5.20. The molecule has 112 valence electrons. The van der Waals surface area contributed by atoms with Gasteiger partial charge in [0.25, 0.3) is 0 Å². The zero-order valence-electron chi connectivity index (χ0n) is 12.8. The van der Waals surface area contributed by atoms with Gasteiger partial charge in [-0.15, -0.1) is 0 Å². The molecular weight excluding hydrogens is 280 g/mol. The molecule has 0 bridgehead atoms. The number of hydrogen-bond acceptors (Lipinski definition) is 2. The van der Waals surface area contributed by atoms with Crippen LogP contribution in [0, 0.1) is 0 Å². The predicted molar refractivity (Wildman–Crippen MR) is 99.1 cm³/mol. The van der Waals surface area contributed by atoms with Gasteiger partial charge in [-0.1, -0.05) is 60.7 Å². The minimum atomic E-state index is 0.569. The van der Waals surface area contributed by atoms with E-state index in [-0.39, 0.29) is 0 Å². The molecule has 3 N–H and O–H groups in total. The van der Waals surface area contributed by atoms with Crippen molar-refractivity contribution >= 4 is 32.9 Å². The van der Waals surface area contributed by atoms with Crippen LogP contribution in [0.5, 0.6) is 0 Å². The van der Waals surface area contributed by atoms with E-state index in [4.69, 9.17) is 5.73 Å². The van der Waals surface area contributed by atoms with Gasteiger partial charge in [-0.3, -0.25) is 0 Å². The van der Waals surface area contributed by atoms with Gasteiger partial charge in [0.15, 0.2) is 0 Å². The smallest absolute Gasteiger partial charge is 0.0470 e. The number of fused-ring (bicyclic) bond motifs is 3. The summed E-state index contributed by atoms with van der Waals surface area (Å²) < 4.78 is 0. The standard InChI is InChI=1S/C21H18N2/c22-14-15-9-11-17(12-10-15)23-21-13-16-5-1-2-6-18(16)19-7-3-4-8-20(19)21/h1-13,23H,14,22H2. The second kappa shape index (κ2) is 5.75. The van der Waals surface area contributed by atoms with Gasteiger partial charge >= 0.3 is 0 Å². The third kappa shape index (κ3) is 2.54. The normalized spacial score (nSPS) is 11.0. The fraction of sp³-hybridized carbons (Fsp3) is 0.0476. The lowest BCUT2D eigenvalue weighted by Crippen LogP contribution is -1.97. The maximum atomic E-state index is 5.67. The summed E-state index contributed by atoms with van der Waals surface area (Å²) in [7, 11) is 0. The first kappa shape index (κ1) is 13.8. The van der Waals surface area contributed by atoms with Gasteiger partial charge in [0.2, 0.25) is 0 Å². The molecule has 0 atom stereocenters. The third-order valence-corrected chi connectivity index (χ3v) is 4.24. The Bertz CT molecular complexity index is 972. The van der Waals surface area contributed by atoms with Crippen LogP contribution in [-0.4, -0.2) is 0 Å². The molecule has 0 aromatic heterocycles. The van der Waals surface area contributed by atoms with E-state index >= 15 is 0 Å². The van der Waals surface area contributed by atoms with Gasteiger partial charge in [-0.25, -0.2) is 0 Å². The lowest BCUT2D eigenvalue weighted by atomic mass is 10.00. The molecule has 0 aliphatic rings. The van der Waals surface area contributed by atoms with Crippen molar-refractivity contribution in [3.8, 4) is 0 Å². The molecule has 0 amide bonds. The number of hydrogen-bond donors (Lipinski definition) is 2. The Balaban J connectivity index is 1.87. The summed E-state index contributed by atoms with van der Waals surface area (Å²) in [5.74, 6) is 0. The highest BCUT2D eigenvalue weighted by atomic mass is 14.9. The maximum absolute atomic E-state index is 5.67. The first-order valence-electron chi connectivity index (χ1n) is 7.82. The Morgan fingerprint density at radius 1 is 0.696 bits per heavy atom. The molecule has 2 heteroatoms. The quantitative estimate of drug-likeness (QED) is 0.510. The van der Waals surface area contributed by atoms with E-state index in [0.29, 0.717) is 6.54 Å². The first-order valence-corrected chi connectivity index (χ1v) is 7.82. The lowest BCUT2D eigenvalue weighted by Gasteiger charge is -2.13. The van der Waals surface area contributed by atoms with Crippen molar-refractivity contribution in [3.05, 3.63) is 84.4 Å². The molecule has 4 rings (SSSR count). The number of anilines is 2. The van der Waals surface area contributed by atoms with Crippen molar-refractivity contribution in [1.29, 1.82) is 0 Å². The molecule has 2 nitrogen and oxygen atoms in total. The van der Waals surface area contributed by atoms with Crippen LogP contribution < -0.4 is 11.1 Å². The monoisotopic (exact) mass is 298 g/mol. The molecule has 0 aliphatic heterocycles. The molecule has 0 spiro atoms. The van der Waals surface area contributed by atoms with Crippen molar-refractivity contribution in [2.45, 2.75) is 6.54 Å². The Hall–Kier alpha value is -2.84. The van der Waals surface area contributed by atoms with Crippen molar-refractivity contribution in [2.75, 3.05) is 5.32 Å². The largest absolute Gasteiger partial charge is 0.355 e. The Kier molecular flexibility index (Phi) is 3.45. The fourth-order valence-electron chi connectivity index (χ4n) is 3.04. The summed E-state index contributed by atoms with van der Waals surface area (Å²) >= 11 is 0. The van der Waals surface area contributed by atoms with Gasteiger partial charge in [-0.2, -0.15) is 0 Å². The molecule has 0 heterocycles. The van der Waals surface area contributed by atoms with E-state index in [2.05, 4.69) is 84.2 Å². The Morgan fingerprint density at radius 3 is 2.09 bits per heavy atom. The summed E-state index contributed by atoms with van der Waals surface area (Å²) in [6.45, 7) is 0.569. The third-order valence-electron chi connectivity index (χ3n) is 4.24. The van der Waals surface area contributed by atoms with Crippen LogP contribution in [0.4, 0.5) is 11.4 Å². The lowest BCUT2D eigenvalue weighted by molar-refractivity contribution is 1.07. The van der Waals surface area contributed by atoms with Crippen LogP contribution in [0.1, 0.15) is 5.56 Å². The van der Waals surface area contributed by atoms with Crippen molar-refractivity contribution in [2.24, 2.45) is 5.73 Å². The molecule has 0 saturated heterocycles. The van der Waals surface area contributed by atoms with E-state index in [0.717, 1.165) is 16.9 Å². The van der Waals surface area contributed by atoms with Crippen LogP contribution in [0.2, 0.25) is 0 Å². The van der Waals surface area contributed by atoms with Gasteiger partial charge in [0, 0.05) is 23.3 Å². The molecule has 0 radical (unpaired) electrons. The van der Waals surface area contributed by atoms with Gasteiger partial charge in [0.1, 0.15) is 0 Å². The first-order chi connectivity index (χ1) is 11.3. The second-order valence-electron chi connectivity index (χ2n) is 5.72. The minimum absolute atomic E-state index is 0.569. The molecule has 0 fully saturated rings. The van der Waals surface area contributed by atoms with Crippen molar-refractivity contribution < 1.29 is 0 Å². The highest BCUT2D eigenvalue weighted by Gasteiger charge is 2.06. The molecule has 0 aliphatic carbocycles. The minimum Gasteiger partial charge on any atom is -0.355 e. The fourth-order valence-corrected chi connectivity index (χ4v) is 3.04. The molecule has 4 aromatic carbocycles. The highest BCUT2D eigenvalue weighted by molar-refractivity contribution is 6.13. The van der Waals surface area contributed by atoms with E-state index in [9.17, 15) is 0 Å². The second-order valence-corrected chi connectivity index (χ2v) is 5.72. The Labute approximate surface area is 135 Å². The molecule has 23 heavy (non-hydrogen) atoms. The number of nitrogens with one attached hydrogen (secondary N) is 1. The topological polar surface area (TPSA) is 38.0 Å². The Morgan fingerprint density at radius 2 is 1.35 bits per heavy atom. The molecule has 0 saturated carbocycles. The molecule has 0 unspecified atom stereocenters. The summed E-state index contributed by atoms with van der Waals surface area (Å²) in [6.07, 6.45) is 0. The summed E-state index contributed by atoms with van der Waals surface area (Å²) in [4.78, 5) is 0. The van der Waals surface area contributed by atoms with Crippen LogP contribution in [-0.2, 0) is 6.54 Å². The van der Waals surface area contributed by atoms with Gasteiger partial charge < -0.3 is 11.1 Å². The van der Waals surface area contributed by atoms with E-state index in [1.807, 2.05) is 0 Å². The summed E-state index contributed by atoms with van der Waals surface area (Å²) in [6, 6.07) is 27.5. The van der Waals surface area contributed by atoms with Crippen molar-refractivity contribution in [3.63, 3.8) is 0 Å². The maximum Gasteiger partial charge on any atom is 0.0470 e. The molecular formula is C21H18N2. The van der Waals surface area contributed by atoms with Crippen LogP contribution in [0.25, 0.3) is 21.5 Å². The van der Waals surface area contributed by atoms with Gasteiger partial charge in [0.05, 0.1) is 0 Å². The molecule has 4 aromatic rings. The number of nitrogens with two attached hydrogens (primary N) is 1. The number of benzene rings is 4. The zero-order valence-corrected chi connectivity index (χ0v) is 12.8. The van der Waals surface area contributed by atoms with E-state index in [1.165, 1.54) is 21.5 Å².